The van der Waals surface area contributed by atoms with E-state index in [0.29, 0.717) is 19.3 Å². The molecular weight excluding hydrogens is 1230 g/mol. The van der Waals surface area contributed by atoms with Gasteiger partial charge < -0.3 is 4.79 Å². The third kappa shape index (κ3) is 35.9. The Morgan fingerprint density at radius 1 is 0.569 bits per heavy atom. The van der Waals surface area contributed by atoms with Gasteiger partial charge in [-0.1, -0.05) is 113 Å². The van der Waals surface area contributed by atoms with Crippen LogP contribution in [0.4, 0.5) is 0 Å². The molecule has 0 aliphatic rings. The standard InChI is InChI=1S/C11H15BrS.C10H12Br2OS.C10H13BrOS.C10H11BrS.C7H14O.C4H4S/c1-8(6-11(2,3)4)10-5-9(12)7-13-10;1-10(2,3)5-7(13)8-4-6(11)9(12)14-8;1-10(2,3)5-8(12)9-4-7(11)6-13-9;1-10(2,3)5-4-9-6-8(11)7-12-9;1-6(8)5-7(2,3)4;1-2-4-5-3-1/h5-7H,1-4H3;4H,5H2,1-3H3;4,6H,5H2,1-3H3;6-7H,1-3H3;5H2,1-4H3;1-4H/b8-6+;;;;;. The van der Waals surface area contributed by atoms with Crippen LogP contribution in [0.25, 0.3) is 5.57 Å². The molecule has 0 aliphatic carbocycles. The first-order chi connectivity index (χ1) is 29.4. The van der Waals surface area contributed by atoms with Gasteiger partial charge in [-0.2, -0.15) is 11.3 Å². The van der Waals surface area contributed by atoms with Gasteiger partial charge in [0.25, 0.3) is 0 Å². The second-order valence-corrected chi connectivity index (χ2v) is 30.4. The molecule has 3 nitrogen and oxygen atoms in total. The van der Waals surface area contributed by atoms with Crippen molar-refractivity contribution in [1.82, 2.24) is 0 Å². The summed E-state index contributed by atoms with van der Waals surface area (Å²) in [5, 5.41) is 10.2. The van der Waals surface area contributed by atoms with E-state index < -0.39 is 0 Å². The Balaban J connectivity index is 0.000000773. The minimum Gasteiger partial charge on any atom is -0.300 e. The van der Waals surface area contributed by atoms with Crippen molar-refractivity contribution in [3.05, 3.63) is 111 Å². The summed E-state index contributed by atoms with van der Waals surface area (Å²) >= 11 is 25.1. The SMILES string of the molecule is C/C(=C\C(C)(C)C)c1cc(Br)cs1.CC(=O)CC(C)(C)C.CC(C)(C)C#Cc1cc(Br)cs1.CC(C)(C)CC(=O)c1cc(Br)c(Br)s1.CC(C)(C)CC(=O)c1cc(Br)cs1.c1ccsc1. The number of hydrogen-bond donors (Lipinski definition) is 0. The number of hydrogen-bond acceptors (Lipinski definition) is 8. The Kier molecular flexibility index (Phi) is 29.7. The predicted octanol–water partition coefficient (Wildman–Crippen LogP) is 21.6. The van der Waals surface area contributed by atoms with E-state index >= 15 is 0 Å². The second-order valence-electron chi connectivity index (χ2n) is 20.9. The fourth-order valence-corrected chi connectivity index (χ4v) is 11.4. The van der Waals surface area contributed by atoms with Gasteiger partial charge in [-0.05, 0) is 177 Å². The summed E-state index contributed by atoms with van der Waals surface area (Å²) in [5.41, 5.74) is 2.03. The molecule has 0 N–H and O–H groups in total. The Hall–Kier alpha value is -0.790. The van der Waals surface area contributed by atoms with Crippen LogP contribution in [0.5, 0.6) is 0 Å². The maximum absolute atomic E-state index is 11.8. The molecule has 0 saturated carbocycles. The lowest BCUT2D eigenvalue weighted by Gasteiger charge is -2.15. The van der Waals surface area contributed by atoms with Crippen LogP contribution < -0.4 is 0 Å². The molecule has 5 aromatic rings. The highest BCUT2D eigenvalue weighted by atomic mass is 79.9. The first kappa shape index (κ1) is 64.2. The molecule has 0 aromatic carbocycles. The molecule has 0 radical (unpaired) electrons. The molecule has 0 atom stereocenters. The predicted molar refractivity (Wildman–Crippen MR) is 311 cm³/mol. The van der Waals surface area contributed by atoms with E-state index in [0.717, 1.165) is 31.8 Å². The lowest BCUT2D eigenvalue weighted by Crippen LogP contribution is -2.11. The highest BCUT2D eigenvalue weighted by Crippen LogP contribution is 2.35. The van der Waals surface area contributed by atoms with Crippen LogP contribution in [-0.4, -0.2) is 17.3 Å². The van der Waals surface area contributed by atoms with Crippen molar-refractivity contribution in [2.45, 2.75) is 137 Å². The van der Waals surface area contributed by atoms with Crippen LogP contribution >= 0.6 is 136 Å². The number of ketones is 3. The fraction of sp³-hybridized carbons (Fsp3) is 0.481. The Morgan fingerprint density at radius 2 is 1.00 bits per heavy atom. The molecule has 0 spiro atoms. The zero-order valence-corrected chi connectivity index (χ0v) is 53.2. The molecule has 0 bridgehead atoms. The number of carbonyl (C=O) groups is 3. The molecule has 0 aliphatic heterocycles. The molecule has 360 valence electrons. The zero-order valence-electron chi connectivity index (χ0n) is 41.2. The monoisotopic (exact) mass is 1300 g/mol. The number of carbonyl (C=O) groups excluding carboxylic acids is 3. The number of Topliss-reactive ketones (excluding diaryl/α,β-unsaturated/α-hetero) is 3. The average molecular weight is 1300 g/mol. The van der Waals surface area contributed by atoms with E-state index in [1.807, 2.05) is 51.9 Å². The summed E-state index contributed by atoms with van der Waals surface area (Å²) in [4.78, 5) is 38.1. The van der Waals surface area contributed by atoms with Crippen molar-refractivity contribution < 1.29 is 14.4 Å². The van der Waals surface area contributed by atoms with Gasteiger partial charge in [0.1, 0.15) is 5.78 Å². The topological polar surface area (TPSA) is 51.2 Å². The minimum absolute atomic E-state index is 0.0556. The number of halogens is 5. The fourth-order valence-electron chi connectivity index (χ4n) is 4.92. The van der Waals surface area contributed by atoms with Crippen molar-refractivity contribution in [3.8, 4) is 11.8 Å². The normalized spacial score (nSPS) is 11.6. The van der Waals surface area contributed by atoms with E-state index in [4.69, 9.17) is 0 Å². The summed E-state index contributed by atoms with van der Waals surface area (Å²) in [6.45, 7) is 35.4. The lowest BCUT2D eigenvalue weighted by atomic mass is 9.89. The van der Waals surface area contributed by atoms with E-state index in [1.54, 1.807) is 40.9 Å². The third-order valence-electron chi connectivity index (χ3n) is 7.08. The Bertz CT molecular complexity index is 2220. The van der Waals surface area contributed by atoms with Crippen molar-refractivity contribution in [2.75, 3.05) is 0 Å². The maximum Gasteiger partial charge on any atom is 0.173 e. The van der Waals surface area contributed by atoms with Crippen LogP contribution in [0.1, 0.15) is 166 Å². The maximum atomic E-state index is 11.8. The molecule has 0 fully saturated rings. The van der Waals surface area contributed by atoms with E-state index in [-0.39, 0.29) is 44.4 Å². The van der Waals surface area contributed by atoms with Crippen LogP contribution in [-0.2, 0) is 4.79 Å². The molecule has 0 saturated heterocycles. The summed E-state index contributed by atoms with van der Waals surface area (Å²) in [6.07, 6.45) is 4.20. The molecule has 5 rings (SSSR count). The third-order valence-corrected chi connectivity index (χ3v) is 16.2. The smallest absolute Gasteiger partial charge is 0.173 e. The van der Waals surface area contributed by atoms with Gasteiger partial charge in [0.15, 0.2) is 11.6 Å². The molecule has 5 aromatic heterocycles. The van der Waals surface area contributed by atoms with E-state index in [1.165, 1.54) is 37.6 Å². The highest BCUT2D eigenvalue weighted by molar-refractivity contribution is 9.13. The molecule has 0 amide bonds. The molecular formula is C52H69Br5O3S5. The van der Waals surface area contributed by atoms with Gasteiger partial charge in [-0.25, -0.2) is 0 Å². The summed E-state index contributed by atoms with van der Waals surface area (Å²) < 4.78 is 5.23. The lowest BCUT2D eigenvalue weighted by molar-refractivity contribution is -0.118. The first-order valence-corrected chi connectivity index (χ1v) is 29.2. The highest BCUT2D eigenvalue weighted by Gasteiger charge is 2.20. The average Bonchev–Trinajstić information content (AvgIpc) is 3.96. The van der Waals surface area contributed by atoms with Crippen molar-refractivity contribution >= 4 is 159 Å². The quantitative estimate of drug-likeness (QED) is 0.126. The van der Waals surface area contributed by atoms with Crippen molar-refractivity contribution in [3.63, 3.8) is 0 Å². The summed E-state index contributed by atoms with van der Waals surface area (Å²) in [5.74, 6) is 7.07. The molecule has 5 heterocycles. The van der Waals surface area contributed by atoms with Crippen molar-refractivity contribution in [1.29, 1.82) is 0 Å². The van der Waals surface area contributed by atoms with Crippen LogP contribution in [0.2, 0.25) is 0 Å². The number of thiophene rings is 5. The number of rotatable bonds is 6. The van der Waals surface area contributed by atoms with Crippen LogP contribution in [0.15, 0.2) is 91.1 Å². The van der Waals surface area contributed by atoms with Crippen LogP contribution in [0, 0.1) is 38.9 Å². The summed E-state index contributed by atoms with van der Waals surface area (Å²) in [7, 11) is 0. The van der Waals surface area contributed by atoms with Gasteiger partial charge in [0, 0.05) is 63.6 Å². The van der Waals surface area contributed by atoms with E-state index in [9.17, 15) is 14.4 Å². The van der Waals surface area contributed by atoms with Gasteiger partial charge in [0.2, 0.25) is 0 Å². The second kappa shape index (κ2) is 30.1. The summed E-state index contributed by atoms with van der Waals surface area (Å²) in [6, 6.07) is 12.0. The largest absolute Gasteiger partial charge is 0.300 e. The Morgan fingerprint density at radius 3 is 1.29 bits per heavy atom. The molecule has 0 unspecified atom stereocenters. The Labute approximate surface area is 455 Å². The van der Waals surface area contributed by atoms with Gasteiger partial charge in [-0.15, -0.1) is 45.3 Å². The number of allylic oxidation sites excluding steroid dienone is 2. The molecule has 13 heteroatoms. The van der Waals surface area contributed by atoms with Crippen molar-refractivity contribution in [2.24, 2.45) is 27.1 Å². The van der Waals surface area contributed by atoms with Gasteiger partial charge >= 0.3 is 0 Å². The van der Waals surface area contributed by atoms with Gasteiger partial charge in [-0.3, -0.25) is 9.59 Å². The van der Waals surface area contributed by atoms with E-state index in [2.05, 4.69) is 220 Å². The minimum atomic E-state index is 0.0556. The first-order valence-electron chi connectivity index (χ1n) is 20.9. The van der Waals surface area contributed by atoms with Gasteiger partial charge in [0.05, 0.1) is 18.4 Å². The van der Waals surface area contributed by atoms with Crippen LogP contribution in [0.3, 0.4) is 0 Å². The zero-order chi connectivity index (χ0) is 50.6. The molecule has 65 heavy (non-hydrogen) atoms.